The Morgan fingerprint density at radius 1 is 0.762 bits per heavy atom. The number of hydrogen-bond donors (Lipinski definition) is 1. The van der Waals surface area contributed by atoms with Crippen molar-refractivity contribution in [1.82, 2.24) is 0 Å². The van der Waals surface area contributed by atoms with E-state index in [1.807, 2.05) is 18.2 Å². The summed E-state index contributed by atoms with van der Waals surface area (Å²) in [4.78, 5) is 0. The summed E-state index contributed by atoms with van der Waals surface area (Å²) in [5.41, 5.74) is 3.33. The van der Waals surface area contributed by atoms with Crippen LogP contribution in [0.4, 0.5) is 0 Å². The summed E-state index contributed by atoms with van der Waals surface area (Å²) in [5.74, 6) is 0.761. The second kappa shape index (κ2) is 5.01. The van der Waals surface area contributed by atoms with E-state index in [2.05, 4.69) is 48.5 Å². The predicted molar refractivity (Wildman–Crippen MR) is 86.4 cm³/mol. The third kappa shape index (κ3) is 2.45. The zero-order valence-corrected chi connectivity index (χ0v) is 11.9. The first-order valence-electron chi connectivity index (χ1n) is 7.58. The van der Waals surface area contributed by atoms with E-state index in [1.165, 1.54) is 29.2 Å². The van der Waals surface area contributed by atoms with Gasteiger partial charge in [0.05, 0.1) is 0 Å². The molecule has 0 heterocycles. The SMILES string of the molecule is OC(c1ccc(C2CC2)cc1)c1ccc2ccccc2c1. The Balaban J connectivity index is 1.66. The van der Waals surface area contributed by atoms with Gasteiger partial charge < -0.3 is 5.11 Å². The van der Waals surface area contributed by atoms with Gasteiger partial charge in [-0.3, -0.25) is 0 Å². The fourth-order valence-corrected chi connectivity index (χ4v) is 2.94. The molecule has 1 saturated carbocycles. The van der Waals surface area contributed by atoms with Gasteiger partial charge in [0.15, 0.2) is 0 Å². The largest absolute Gasteiger partial charge is 0.384 e. The van der Waals surface area contributed by atoms with Gasteiger partial charge in [-0.1, -0.05) is 60.7 Å². The summed E-state index contributed by atoms with van der Waals surface area (Å²) in [6.45, 7) is 0. The first-order chi connectivity index (χ1) is 10.3. The summed E-state index contributed by atoms with van der Waals surface area (Å²) in [6.07, 6.45) is 2.07. The topological polar surface area (TPSA) is 20.2 Å². The van der Waals surface area contributed by atoms with Crippen LogP contribution in [0.5, 0.6) is 0 Å². The molecule has 1 heteroatoms. The smallest absolute Gasteiger partial charge is 0.104 e. The highest BCUT2D eigenvalue weighted by molar-refractivity contribution is 5.83. The molecule has 104 valence electrons. The summed E-state index contributed by atoms with van der Waals surface area (Å²) in [5, 5.41) is 13.0. The third-order valence-corrected chi connectivity index (χ3v) is 4.39. The zero-order chi connectivity index (χ0) is 14.2. The van der Waals surface area contributed by atoms with E-state index < -0.39 is 6.10 Å². The van der Waals surface area contributed by atoms with Crippen LogP contribution in [0.15, 0.2) is 66.7 Å². The van der Waals surface area contributed by atoms with E-state index in [4.69, 9.17) is 0 Å². The molecule has 0 radical (unpaired) electrons. The van der Waals surface area contributed by atoms with Crippen LogP contribution in [0.3, 0.4) is 0 Å². The normalized spacial score (nSPS) is 16.0. The number of aliphatic hydroxyl groups is 1. The van der Waals surface area contributed by atoms with Crippen LogP contribution >= 0.6 is 0 Å². The minimum Gasteiger partial charge on any atom is -0.384 e. The molecular formula is C20H18O. The molecule has 4 rings (SSSR count). The standard InChI is InChI=1S/C20H18O/c21-20(17-10-7-16(8-11-17)15-5-6-15)19-12-9-14-3-1-2-4-18(14)13-19/h1-4,7-13,15,20-21H,5-6H2. The minimum atomic E-state index is -0.553. The molecule has 0 aliphatic heterocycles. The van der Waals surface area contributed by atoms with Crippen molar-refractivity contribution in [1.29, 1.82) is 0 Å². The Morgan fingerprint density at radius 3 is 2.14 bits per heavy atom. The van der Waals surface area contributed by atoms with Crippen LogP contribution < -0.4 is 0 Å². The van der Waals surface area contributed by atoms with Crippen LogP contribution in [0.1, 0.15) is 41.6 Å². The summed E-state index contributed by atoms with van der Waals surface area (Å²) < 4.78 is 0. The van der Waals surface area contributed by atoms with E-state index in [9.17, 15) is 5.11 Å². The highest BCUT2D eigenvalue weighted by atomic mass is 16.3. The van der Waals surface area contributed by atoms with Crippen molar-refractivity contribution in [3.05, 3.63) is 83.4 Å². The Morgan fingerprint density at radius 2 is 1.43 bits per heavy atom. The van der Waals surface area contributed by atoms with Crippen LogP contribution in [0.25, 0.3) is 10.8 Å². The van der Waals surface area contributed by atoms with Crippen molar-refractivity contribution >= 4 is 10.8 Å². The number of rotatable bonds is 3. The van der Waals surface area contributed by atoms with Gasteiger partial charge in [0, 0.05) is 0 Å². The molecule has 21 heavy (non-hydrogen) atoms. The molecular weight excluding hydrogens is 256 g/mol. The average molecular weight is 274 g/mol. The van der Waals surface area contributed by atoms with Gasteiger partial charge in [-0.25, -0.2) is 0 Å². The lowest BCUT2D eigenvalue weighted by molar-refractivity contribution is 0.220. The van der Waals surface area contributed by atoms with E-state index in [0.717, 1.165) is 17.0 Å². The summed E-state index contributed by atoms with van der Waals surface area (Å²) in [6, 6.07) is 22.9. The van der Waals surface area contributed by atoms with Crippen LogP contribution in [0.2, 0.25) is 0 Å². The van der Waals surface area contributed by atoms with Crippen LogP contribution in [0, 0.1) is 0 Å². The van der Waals surface area contributed by atoms with Gasteiger partial charge >= 0.3 is 0 Å². The zero-order valence-electron chi connectivity index (χ0n) is 11.9. The molecule has 0 saturated heterocycles. The van der Waals surface area contributed by atoms with Crippen LogP contribution in [-0.2, 0) is 0 Å². The van der Waals surface area contributed by atoms with Gasteiger partial charge in [0.2, 0.25) is 0 Å². The molecule has 0 spiro atoms. The molecule has 1 unspecified atom stereocenters. The Kier molecular flexibility index (Phi) is 3.01. The quantitative estimate of drug-likeness (QED) is 0.727. The van der Waals surface area contributed by atoms with Gasteiger partial charge in [0.1, 0.15) is 6.10 Å². The molecule has 1 N–H and O–H groups in total. The molecule has 1 atom stereocenters. The van der Waals surface area contributed by atoms with Crippen LogP contribution in [-0.4, -0.2) is 5.11 Å². The molecule has 1 aliphatic carbocycles. The second-order valence-corrected chi connectivity index (χ2v) is 5.95. The van der Waals surface area contributed by atoms with E-state index >= 15 is 0 Å². The highest BCUT2D eigenvalue weighted by Crippen LogP contribution is 2.40. The maximum absolute atomic E-state index is 10.6. The Bertz CT molecular complexity index is 769. The highest BCUT2D eigenvalue weighted by Gasteiger charge is 2.23. The monoisotopic (exact) mass is 274 g/mol. The fourth-order valence-electron chi connectivity index (χ4n) is 2.94. The van der Waals surface area contributed by atoms with E-state index in [1.54, 1.807) is 0 Å². The molecule has 0 bridgehead atoms. The molecule has 3 aromatic carbocycles. The number of fused-ring (bicyclic) bond motifs is 1. The maximum atomic E-state index is 10.6. The summed E-state index contributed by atoms with van der Waals surface area (Å²) in [7, 11) is 0. The van der Waals surface area contributed by atoms with Crippen molar-refractivity contribution in [2.45, 2.75) is 24.9 Å². The summed E-state index contributed by atoms with van der Waals surface area (Å²) >= 11 is 0. The molecule has 1 fully saturated rings. The minimum absolute atomic E-state index is 0.553. The number of hydrogen-bond acceptors (Lipinski definition) is 1. The van der Waals surface area contributed by atoms with E-state index in [0.29, 0.717) is 0 Å². The van der Waals surface area contributed by atoms with Crippen molar-refractivity contribution in [2.24, 2.45) is 0 Å². The molecule has 1 nitrogen and oxygen atoms in total. The van der Waals surface area contributed by atoms with Gasteiger partial charge in [-0.2, -0.15) is 0 Å². The lowest BCUT2D eigenvalue weighted by atomic mass is 9.97. The van der Waals surface area contributed by atoms with E-state index in [-0.39, 0.29) is 0 Å². The second-order valence-electron chi connectivity index (χ2n) is 5.95. The molecule has 0 amide bonds. The predicted octanol–water partition coefficient (Wildman–Crippen LogP) is 4.80. The van der Waals surface area contributed by atoms with Crippen molar-refractivity contribution in [3.63, 3.8) is 0 Å². The molecule has 1 aliphatic rings. The van der Waals surface area contributed by atoms with Gasteiger partial charge in [-0.05, 0) is 52.3 Å². The first kappa shape index (κ1) is 12.6. The van der Waals surface area contributed by atoms with Gasteiger partial charge in [0.25, 0.3) is 0 Å². The third-order valence-electron chi connectivity index (χ3n) is 4.39. The average Bonchev–Trinajstić information content (AvgIpc) is 3.39. The first-order valence-corrected chi connectivity index (χ1v) is 7.58. The van der Waals surface area contributed by atoms with Crippen molar-refractivity contribution < 1.29 is 5.11 Å². The Labute approximate surface area is 124 Å². The fraction of sp³-hybridized carbons (Fsp3) is 0.200. The van der Waals surface area contributed by atoms with Crippen molar-refractivity contribution in [3.8, 4) is 0 Å². The van der Waals surface area contributed by atoms with Gasteiger partial charge in [-0.15, -0.1) is 0 Å². The number of aliphatic hydroxyl groups excluding tert-OH is 1. The number of benzene rings is 3. The Hall–Kier alpha value is -2.12. The lowest BCUT2D eigenvalue weighted by Crippen LogP contribution is -1.99. The lowest BCUT2D eigenvalue weighted by Gasteiger charge is -2.13. The van der Waals surface area contributed by atoms with Crippen molar-refractivity contribution in [2.75, 3.05) is 0 Å². The molecule has 0 aromatic heterocycles. The molecule has 3 aromatic rings. The maximum Gasteiger partial charge on any atom is 0.104 e.